The molecular weight excluding hydrogens is 306 g/mol. The summed E-state index contributed by atoms with van der Waals surface area (Å²) in [6.45, 7) is 6.70. The van der Waals surface area contributed by atoms with E-state index < -0.39 is 0 Å². The summed E-state index contributed by atoms with van der Waals surface area (Å²) in [6, 6.07) is 0. The van der Waals surface area contributed by atoms with Crippen molar-refractivity contribution in [2.45, 2.75) is 123 Å². The predicted molar refractivity (Wildman–Crippen MR) is 114 cm³/mol. The summed E-state index contributed by atoms with van der Waals surface area (Å²) >= 11 is 0. The second-order valence-electron chi connectivity index (χ2n) is 8.11. The van der Waals surface area contributed by atoms with Crippen LogP contribution < -0.4 is 0 Å². The second-order valence-corrected chi connectivity index (χ2v) is 8.11. The van der Waals surface area contributed by atoms with Crippen LogP contribution in [0.4, 0.5) is 0 Å². The van der Waals surface area contributed by atoms with E-state index in [9.17, 15) is 0 Å². The van der Waals surface area contributed by atoms with Crippen LogP contribution in [0.1, 0.15) is 117 Å². The topological polar surface area (TPSA) is 12.5 Å². The zero-order valence-corrected chi connectivity index (χ0v) is 18.2. The quantitative estimate of drug-likeness (QED) is 0.214. The van der Waals surface area contributed by atoms with Crippen LogP contribution in [0.15, 0.2) is 0 Å². The molecule has 2 nitrogen and oxygen atoms in total. The first-order chi connectivity index (χ1) is 12.2. The fourth-order valence-electron chi connectivity index (χ4n) is 3.53. The fraction of sp³-hybridized carbons (Fsp3) is 1.00. The third-order valence-corrected chi connectivity index (χ3v) is 5.36. The first-order valence-electron chi connectivity index (χ1n) is 11.4. The monoisotopic (exact) mass is 355 g/mol. The van der Waals surface area contributed by atoms with Gasteiger partial charge in [0.1, 0.15) is 0 Å². The maximum Gasteiger partial charge on any atom is 0.0669 e. The molecule has 2 heteroatoms. The average molecular weight is 356 g/mol. The smallest absolute Gasteiger partial charge is 0.0669 e. The SMILES string of the molecule is CCCCCCCCCCCCCCCCCCN(C)CC(C)OC. The van der Waals surface area contributed by atoms with Gasteiger partial charge in [0.25, 0.3) is 0 Å². The molecule has 0 saturated heterocycles. The molecule has 0 aromatic carbocycles. The maximum absolute atomic E-state index is 5.31. The first-order valence-corrected chi connectivity index (χ1v) is 11.4. The Morgan fingerprint density at radius 1 is 0.640 bits per heavy atom. The Labute approximate surface area is 160 Å². The van der Waals surface area contributed by atoms with Gasteiger partial charge in [-0.15, -0.1) is 0 Å². The molecule has 1 atom stereocenters. The molecule has 0 spiro atoms. The number of nitrogens with zero attached hydrogens (tertiary/aromatic N) is 1. The van der Waals surface area contributed by atoms with Crippen LogP contribution in [0, 0.1) is 0 Å². The molecule has 0 aliphatic rings. The van der Waals surface area contributed by atoms with Crippen molar-refractivity contribution in [1.29, 1.82) is 0 Å². The molecule has 0 heterocycles. The van der Waals surface area contributed by atoms with E-state index in [1.165, 1.54) is 109 Å². The summed E-state index contributed by atoms with van der Waals surface area (Å²) < 4.78 is 5.31. The summed E-state index contributed by atoms with van der Waals surface area (Å²) in [6.07, 6.45) is 23.4. The molecule has 1 unspecified atom stereocenters. The lowest BCUT2D eigenvalue weighted by Crippen LogP contribution is -2.29. The molecule has 0 radical (unpaired) electrons. The molecule has 0 fully saturated rings. The van der Waals surface area contributed by atoms with Crippen molar-refractivity contribution >= 4 is 0 Å². The number of hydrogen-bond acceptors (Lipinski definition) is 2. The molecule has 0 N–H and O–H groups in total. The standard InChI is InChI=1S/C23H49NO/c1-5-6-7-8-9-10-11-12-13-14-15-16-17-18-19-20-21-24(3)22-23(2)25-4/h23H,5-22H2,1-4H3. The highest BCUT2D eigenvalue weighted by Crippen LogP contribution is 2.13. The van der Waals surface area contributed by atoms with Crippen molar-refractivity contribution < 1.29 is 4.74 Å². The number of unbranched alkanes of at least 4 members (excludes halogenated alkanes) is 15. The lowest BCUT2D eigenvalue weighted by molar-refractivity contribution is 0.0852. The van der Waals surface area contributed by atoms with Crippen molar-refractivity contribution in [2.75, 3.05) is 27.2 Å². The first kappa shape index (κ1) is 24.9. The van der Waals surface area contributed by atoms with Crippen molar-refractivity contribution in [3.63, 3.8) is 0 Å². The van der Waals surface area contributed by atoms with E-state index in [0.717, 1.165) is 6.54 Å². The third-order valence-electron chi connectivity index (χ3n) is 5.36. The maximum atomic E-state index is 5.31. The summed E-state index contributed by atoms with van der Waals surface area (Å²) in [5.41, 5.74) is 0. The van der Waals surface area contributed by atoms with Gasteiger partial charge in [0.05, 0.1) is 6.10 Å². The summed E-state index contributed by atoms with van der Waals surface area (Å²) in [4.78, 5) is 2.40. The highest BCUT2D eigenvalue weighted by atomic mass is 16.5. The van der Waals surface area contributed by atoms with Crippen molar-refractivity contribution in [3.05, 3.63) is 0 Å². The largest absolute Gasteiger partial charge is 0.380 e. The Morgan fingerprint density at radius 3 is 1.36 bits per heavy atom. The number of rotatable bonds is 20. The van der Waals surface area contributed by atoms with Crippen LogP contribution in [0.5, 0.6) is 0 Å². The van der Waals surface area contributed by atoms with Crippen LogP contribution in [-0.4, -0.2) is 38.3 Å². The molecule has 0 rings (SSSR count). The number of likely N-dealkylation sites (N-methyl/N-ethyl adjacent to an activating group) is 1. The normalized spacial score (nSPS) is 12.8. The van der Waals surface area contributed by atoms with E-state index in [0.29, 0.717) is 6.10 Å². The van der Waals surface area contributed by atoms with Crippen LogP contribution in [-0.2, 0) is 4.74 Å². The Bertz CT molecular complexity index is 244. The van der Waals surface area contributed by atoms with E-state index in [2.05, 4.69) is 25.8 Å². The van der Waals surface area contributed by atoms with Crippen molar-refractivity contribution in [1.82, 2.24) is 4.90 Å². The molecule has 0 aromatic heterocycles. The summed E-state index contributed by atoms with van der Waals surface area (Å²) in [5, 5.41) is 0. The molecule has 152 valence electrons. The summed E-state index contributed by atoms with van der Waals surface area (Å²) in [5.74, 6) is 0. The lowest BCUT2D eigenvalue weighted by Gasteiger charge is -2.20. The van der Waals surface area contributed by atoms with E-state index in [1.54, 1.807) is 7.11 Å². The second kappa shape index (κ2) is 20.2. The minimum absolute atomic E-state index is 0.353. The Hall–Kier alpha value is -0.0800. The van der Waals surface area contributed by atoms with Gasteiger partial charge in [0.2, 0.25) is 0 Å². The van der Waals surface area contributed by atoms with Crippen LogP contribution in [0.2, 0.25) is 0 Å². The highest BCUT2D eigenvalue weighted by molar-refractivity contribution is 4.58. The van der Waals surface area contributed by atoms with Gasteiger partial charge in [0, 0.05) is 13.7 Å². The molecular formula is C23H49NO. The number of hydrogen-bond donors (Lipinski definition) is 0. The van der Waals surface area contributed by atoms with E-state index in [1.807, 2.05) is 0 Å². The zero-order valence-electron chi connectivity index (χ0n) is 18.2. The molecule has 0 aliphatic carbocycles. The van der Waals surface area contributed by atoms with Gasteiger partial charge in [-0.2, -0.15) is 0 Å². The van der Waals surface area contributed by atoms with Gasteiger partial charge < -0.3 is 9.64 Å². The fourth-order valence-corrected chi connectivity index (χ4v) is 3.53. The molecule has 0 saturated carbocycles. The van der Waals surface area contributed by atoms with Gasteiger partial charge in [-0.3, -0.25) is 0 Å². The third kappa shape index (κ3) is 20.1. The van der Waals surface area contributed by atoms with Gasteiger partial charge in [-0.05, 0) is 26.9 Å². The van der Waals surface area contributed by atoms with E-state index in [4.69, 9.17) is 4.74 Å². The average Bonchev–Trinajstić information content (AvgIpc) is 2.61. The van der Waals surface area contributed by atoms with Crippen LogP contribution in [0.25, 0.3) is 0 Å². The van der Waals surface area contributed by atoms with Crippen molar-refractivity contribution in [3.8, 4) is 0 Å². The molecule has 0 amide bonds. The van der Waals surface area contributed by atoms with Gasteiger partial charge in [0.15, 0.2) is 0 Å². The predicted octanol–water partition coefficient (Wildman–Crippen LogP) is 7.21. The van der Waals surface area contributed by atoms with Gasteiger partial charge in [-0.1, -0.05) is 103 Å². The van der Waals surface area contributed by atoms with Gasteiger partial charge in [-0.25, -0.2) is 0 Å². The van der Waals surface area contributed by atoms with E-state index in [-0.39, 0.29) is 0 Å². The Balaban J connectivity index is 3.09. The number of methoxy groups -OCH3 is 1. The molecule has 0 aliphatic heterocycles. The van der Waals surface area contributed by atoms with Crippen LogP contribution in [0.3, 0.4) is 0 Å². The minimum atomic E-state index is 0.353. The summed E-state index contributed by atoms with van der Waals surface area (Å²) in [7, 11) is 4.01. The van der Waals surface area contributed by atoms with Crippen molar-refractivity contribution in [2.24, 2.45) is 0 Å². The number of ether oxygens (including phenoxy) is 1. The Morgan fingerprint density at radius 2 is 1.00 bits per heavy atom. The molecule has 25 heavy (non-hydrogen) atoms. The Kier molecular flexibility index (Phi) is 20.2. The lowest BCUT2D eigenvalue weighted by atomic mass is 10.0. The minimum Gasteiger partial charge on any atom is -0.380 e. The highest BCUT2D eigenvalue weighted by Gasteiger charge is 2.04. The van der Waals surface area contributed by atoms with E-state index >= 15 is 0 Å². The molecule has 0 bridgehead atoms. The van der Waals surface area contributed by atoms with Crippen LogP contribution >= 0.6 is 0 Å². The van der Waals surface area contributed by atoms with Gasteiger partial charge >= 0.3 is 0 Å². The zero-order chi connectivity index (χ0) is 18.6. The molecule has 0 aromatic rings.